The number of nitrogens with one attached hydrogen (secondary N) is 2. The van der Waals surface area contributed by atoms with E-state index in [1.807, 2.05) is 0 Å². The van der Waals surface area contributed by atoms with E-state index in [0.717, 1.165) is 0 Å². The van der Waals surface area contributed by atoms with Gasteiger partial charge >= 0.3 is 0 Å². The predicted molar refractivity (Wildman–Crippen MR) is 84.3 cm³/mol. The molecule has 8 heteroatoms. The number of carbonyl (C=O) groups excluding carboxylic acids is 1. The van der Waals surface area contributed by atoms with Crippen molar-refractivity contribution >= 4 is 22.8 Å². The van der Waals surface area contributed by atoms with Crippen molar-refractivity contribution in [1.82, 2.24) is 20.1 Å². The maximum absolute atomic E-state index is 12.1. The summed E-state index contributed by atoms with van der Waals surface area (Å²) in [5.41, 5.74) is 0.150. The van der Waals surface area contributed by atoms with Gasteiger partial charge in [-0.25, -0.2) is 4.68 Å². The molecule has 3 aromatic rings. The summed E-state index contributed by atoms with van der Waals surface area (Å²) in [6.45, 7) is 0.818. The van der Waals surface area contributed by atoms with Crippen LogP contribution in [0.3, 0.4) is 0 Å². The van der Waals surface area contributed by atoms with Gasteiger partial charge in [0.25, 0.3) is 5.91 Å². The first-order valence-electron chi connectivity index (χ1n) is 7.04. The number of aryl methyl sites for hydroxylation is 1. The van der Waals surface area contributed by atoms with Gasteiger partial charge in [0.1, 0.15) is 11.9 Å². The van der Waals surface area contributed by atoms with Crippen LogP contribution in [0.15, 0.2) is 45.9 Å². The standard InChI is InChI=1S/C15H15N5O3/c1-20-15(18-9-19-20)17-7-6-16-14(22)13-8-11(21)10-4-2-3-5-12(10)23-13/h2-5,8-9H,6-7H2,1H3,(H,16,22)(H,17,18,19). The third-order valence-corrected chi connectivity index (χ3v) is 3.26. The molecule has 0 aliphatic heterocycles. The van der Waals surface area contributed by atoms with Gasteiger partial charge in [-0.15, -0.1) is 0 Å². The maximum Gasteiger partial charge on any atom is 0.287 e. The summed E-state index contributed by atoms with van der Waals surface area (Å²) in [5, 5.41) is 10.1. The number of anilines is 1. The van der Waals surface area contributed by atoms with Crippen LogP contribution in [0.1, 0.15) is 10.6 Å². The van der Waals surface area contributed by atoms with Gasteiger partial charge < -0.3 is 15.1 Å². The van der Waals surface area contributed by atoms with E-state index in [0.29, 0.717) is 30.0 Å². The Morgan fingerprint density at radius 1 is 1.30 bits per heavy atom. The fourth-order valence-corrected chi connectivity index (χ4v) is 2.11. The van der Waals surface area contributed by atoms with Crippen LogP contribution in [0.5, 0.6) is 0 Å². The topological polar surface area (TPSA) is 102 Å². The molecular weight excluding hydrogens is 298 g/mol. The summed E-state index contributed by atoms with van der Waals surface area (Å²) in [6.07, 6.45) is 1.44. The highest BCUT2D eigenvalue weighted by molar-refractivity contribution is 5.93. The molecule has 8 nitrogen and oxygen atoms in total. The Hall–Kier alpha value is -3.16. The molecule has 0 unspecified atom stereocenters. The molecule has 2 heterocycles. The molecule has 0 spiro atoms. The van der Waals surface area contributed by atoms with Gasteiger partial charge in [-0.05, 0) is 12.1 Å². The second kappa shape index (κ2) is 6.30. The number of para-hydroxylation sites is 1. The Morgan fingerprint density at radius 2 is 2.13 bits per heavy atom. The quantitative estimate of drug-likeness (QED) is 0.674. The minimum Gasteiger partial charge on any atom is -0.451 e. The van der Waals surface area contributed by atoms with Crippen molar-refractivity contribution in [2.24, 2.45) is 7.05 Å². The van der Waals surface area contributed by atoms with E-state index in [9.17, 15) is 9.59 Å². The van der Waals surface area contributed by atoms with Gasteiger partial charge in [0.2, 0.25) is 5.95 Å². The zero-order chi connectivity index (χ0) is 16.2. The molecule has 1 aromatic carbocycles. The maximum atomic E-state index is 12.1. The van der Waals surface area contributed by atoms with Crippen molar-refractivity contribution in [3.05, 3.63) is 52.6 Å². The Labute approximate surface area is 131 Å². The molecule has 0 atom stereocenters. The van der Waals surface area contributed by atoms with Crippen molar-refractivity contribution in [2.45, 2.75) is 0 Å². The van der Waals surface area contributed by atoms with Gasteiger partial charge in [-0.2, -0.15) is 10.1 Å². The van der Waals surface area contributed by atoms with E-state index in [1.165, 1.54) is 12.4 Å². The number of benzene rings is 1. The molecule has 0 aliphatic rings. The molecule has 0 saturated heterocycles. The molecule has 0 bridgehead atoms. The number of hydrogen-bond acceptors (Lipinski definition) is 6. The molecule has 0 radical (unpaired) electrons. The highest BCUT2D eigenvalue weighted by Crippen LogP contribution is 2.11. The summed E-state index contributed by atoms with van der Waals surface area (Å²) in [6, 6.07) is 8.01. The zero-order valence-corrected chi connectivity index (χ0v) is 12.4. The Morgan fingerprint density at radius 3 is 2.91 bits per heavy atom. The Bertz CT molecular complexity index is 899. The van der Waals surface area contributed by atoms with E-state index in [2.05, 4.69) is 20.7 Å². The van der Waals surface area contributed by atoms with Crippen molar-refractivity contribution < 1.29 is 9.21 Å². The lowest BCUT2D eigenvalue weighted by atomic mass is 10.2. The number of nitrogens with zero attached hydrogens (tertiary/aromatic N) is 3. The van der Waals surface area contributed by atoms with Crippen LogP contribution in [0, 0.1) is 0 Å². The second-order valence-electron chi connectivity index (χ2n) is 4.86. The average molecular weight is 313 g/mol. The zero-order valence-electron chi connectivity index (χ0n) is 12.4. The summed E-state index contributed by atoms with van der Waals surface area (Å²) >= 11 is 0. The van der Waals surface area contributed by atoms with E-state index in [1.54, 1.807) is 36.0 Å². The first-order chi connectivity index (χ1) is 11.1. The monoisotopic (exact) mass is 313 g/mol. The molecule has 23 heavy (non-hydrogen) atoms. The summed E-state index contributed by atoms with van der Waals surface area (Å²) in [5.74, 6) is 0.163. The highest BCUT2D eigenvalue weighted by Gasteiger charge is 2.11. The molecule has 118 valence electrons. The molecule has 0 saturated carbocycles. The molecule has 1 amide bonds. The fourth-order valence-electron chi connectivity index (χ4n) is 2.11. The average Bonchev–Trinajstić information content (AvgIpc) is 2.96. The summed E-state index contributed by atoms with van der Waals surface area (Å²) < 4.78 is 7.06. The molecule has 0 fully saturated rings. The van der Waals surface area contributed by atoms with E-state index in [-0.39, 0.29) is 11.2 Å². The lowest BCUT2D eigenvalue weighted by Gasteiger charge is -2.07. The van der Waals surface area contributed by atoms with E-state index < -0.39 is 5.91 Å². The number of hydrogen-bond donors (Lipinski definition) is 2. The lowest BCUT2D eigenvalue weighted by Crippen LogP contribution is -2.29. The largest absolute Gasteiger partial charge is 0.451 e. The van der Waals surface area contributed by atoms with Gasteiger partial charge in [0, 0.05) is 26.2 Å². The third-order valence-electron chi connectivity index (χ3n) is 3.26. The number of amides is 1. The molecule has 2 aromatic heterocycles. The lowest BCUT2D eigenvalue weighted by molar-refractivity contribution is 0.0928. The van der Waals surface area contributed by atoms with Crippen molar-refractivity contribution in [3.63, 3.8) is 0 Å². The van der Waals surface area contributed by atoms with Crippen LogP contribution < -0.4 is 16.1 Å². The van der Waals surface area contributed by atoms with Gasteiger partial charge in [-0.1, -0.05) is 12.1 Å². The summed E-state index contributed by atoms with van der Waals surface area (Å²) in [7, 11) is 1.76. The fraction of sp³-hybridized carbons (Fsp3) is 0.200. The minimum absolute atomic E-state index is 0.00708. The third kappa shape index (κ3) is 3.20. The molecule has 2 N–H and O–H groups in total. The van der Waals surface area contributed by atoms with Crippen LogP contribution in [0.4, 0.5) is 5.95 Å². The van der Waals surface area contributed by atoms with Crippen LogP contribution in [0.25, 0.3) is 11.0 Å². The van der Waals surface area contributed by atoms with Gasteiger partial charge in [-0.3, -0.25) is 9.59 Å². The predicted octanol–water partition coefficient (Wildman–Crippen LogP) is 0.763. The number of rotatable bonds is 5. The smallest absolute Gasteiger partial charge is 0.287 e. The van der Waals surface area contributed by atoms with Crippen LogP contribution >= 0.6 is 0 Å². The minimum atomic E-state index is -0.437. The summed E-state index contributed by atoms with van der Waals surface area (Å²) in [4.78, 5) is 28.0. The van der Waals surface area contributed by atoms with Crippen molar-refractivity contribution in [2.75, 3.05) is 18.4 Å². The molecule has 3 rings (SSSR count). The first-order valence-corrected chi connectivity index (χ1v) is 7.04. The highest BCUT2D eigenvalue weighted by atomic mass is 16.3. The first kappa shape index (κ1) is 14.8. The Balaban J connectivity index is 1.62. The van der Waals surface area contributed by atoms with Crippen LogP contribution in [-0.2, 0) is 7.05 Å². The van der Waals surface area contributed by atoms with Gasteiger partial charge in [0.15, 0.2) is 11.2 Å². The van der Waals surface area contributed by atoms with Gasteiger partial charge in [0.05, 0.1) is 5.39 Å². The molecule has 0 aliphatic carbocycles. The van der Waals surface area contributed by atoms with E-state index in [4.69, 9.17) is 4.42 Å². The second-order valence-corrected chi connectivity index (χ2v) is 4.86. The normalized spacial score (nSPS) is 10.7. The number of fused-ring (bicyclic) bond motifs is 1. The SMILES string of the molecule is Cn1ncnc1NCCNC(=O)c1cc(=O)c2ccccc2o1. The molecular formula is C15H15N5O3. The van der Waals surface area contributed by atoms with Crippen LogP contribution in [0.2, 0.25) is 0 Å². The van der Waals surface area contributed by atoms with Crippen LogP contribution in [-0.4, -0.2) is 33.8 Å². The number of aromatic nitrogens is 3. The van der Waals surface area contributed by atoms with Crippen molar-refractivity contribution in [3.8, 4) is 0 Å². The number of carbonyl (C=O) groups is 1. The van der Waals surface area contributed by atoms with Crippen molar-refractivity contribution in [1.29, 1.82) is 0 Å². The van der Waals surface area contributed by atoms with E-state index >= 15 is 0 Å². The Kier molecular flexibility index (Phi) is 4.05.